The second kappa shape index (κ2) is 4.65. The van der Waals surface area contributed by atoms with Crippen LogP contribution in [0.2, 0.25) is 0 Å². The molecule has 0 atom stereocenters. The van der Waals surface area contributed by atoms with E-state index in [0.29, 0.717) is 5.69 Å². The summed E-state index contributed by atoms with van der Waals surface area (Å²) in [6, 6.07) is 9.70. The smallest absolute Gasteiger partial charge is 0.339 e. The van der Waals surface area contributed by atoms with Crippen molar-refractivity contribution in [2.24, 2.45) is 7.05 Å². The van der Waals surface area contributed by atoms with Crippen molar-refractivity contribution in [3.05, 3.63) is 53.3 Å². The van der Waals surface area contributed by atoms with E-state index < -0.39 is 5.97 Å². The minimum Gasteiger partial charge on any atom is -0.478 e. The van der Waals surface area contributed by atoms with Crippen LogP contribution in [-0.2, 0) is 7.05 Å². The molecule has 0 aliphatic carbocycles. The van der Waals surface area contributed by atoms with Crippen molar-refractivity contribution >= 4 is 18.1 Å². The standard InChI is InChI=1S/C13H12N2O2/c1-15-12(11(9-14-15)13(16)17)8-7-10-5-3-2-4-6-10/h2-9H,1H3,(H,16,17)/b8-7+. The number of carboxylic acid groups (broad SMARTS) is 1. The average molecular weight is 228 g/mol. The Morgan fingerprint density at radius 2 is 2.00 bits per heavy atom. The number of aryl methyl sites for hydroxylation is 1. The van der Waals surface area contributed by atoms with Gasteiger partial charge in [0.25, 0.3) is 0 Å². The van der Waals surface area contributed by atoms with E-state index >= 15 is 0 Å². The lowest BCUT2D eigenvalue weighted by molar-refractivity contribution is 0.0696. The Balaban J connectivity index is 2.33. The highest BCUT2D eigenvalue weighted by Gasteiger charge is 2.11. The van der Waals surface area contributed by atoms with Gasteiger partial charge in [0, 0.05) is 7.05 Å². The molecule has 0 unspecified atom stereocenters. The molecule has 1 aromatic heterocycles. The molecule has 1 N–H and O–H groups in total. The maximum absolute atomic E-state index is 11.0. The van der Waals surface area contributed by atoms with Crippen molar-refractivity contribution < 1.29 is 9.90 Å². The second-order valence-corrected chi connectivity index (χ2v) is 3.62. The van der Waals surface area contributed by atoms with Crippen LogP contribution in [0.5, 0.6) is 0 Å². The maximum Gasteiger partial charge on any atom is 0.339 e. The van der Waals surface area contributed by atoms with Gasteiger partial charge in [0.1, 0.15) is 5.56 Å². The van der Waals surface area contributed by atoms with Crippen LogP contribution in [0.1, 0.15) is 21.6 Å². The first kappa shape index (κ1) is 11.1. The third-order valence-corrected chi connectivity index (χ3v) is 2.45. The van der Waals surface area contributed by atoms with Crippen LogP contribution in [0.3, 0.4) is 0 Å². The molecular formula is C13H12N2O2. The fourth-order valence-electron chi connectivity index (χ4n) is 1.55. The second-order valence-electron chi connectivity index (χ2n) is 3.62. The molecule has 4 heteroatoms. The highest BCUT2D eigenvalue weighted by atomic mass is 16.4. The molecular weight excluding hydrogens is 216 g/mol. The van der Waals surface area contributed by atoms with Crippen LogP contribution in [0.15, 0.2) is 36.5 Å². The number of hydrogen-bond donors (Lipinski definition) is 1. The van der Waals surface area contributed by atoms with Gasteiger partial charge in [-0.1, -0.05) is 36.4 Å². The Labute approximate surface area is 98.8 Å². The van der Waals surface area contributed by atoms with Gasteiger partial charge in [0.05, 0.1) is 11.9 Å². The highest BCUT2D eigenvalue weighted by molar-refractivity contribution is 5.92. The van der Waals surface area contributed by atoms with Crippen molar-refractivity contribution in [1.29, 1.82) is 0 Å². The maximum atomic E-state index is 11.0. The van der Waals surface area contributed by atoms with E-state index in [-0.39, 0.29) is 5.56 Å². The Morgan fingerprint density at radius 3 is 2.65 bits per heavy atom. The first-order valence-electron chi connectivity index (χ1n) is 5.17. The molecule has 0 aliphatic rings. The summed E-state index contributed by atoms with van der Waals surface area (Å²) in [5, 5.41) is 12.9. The van der Waals surface area contributed by atoms with Gasteiger partial charge in [-0.3, -0.25) is 4.68 Å². The van der Waals surface area contributed by atoms with Gasteiger partial charge < -0.3 is 5.11 Å². The van der Waals surface area contributed by atoms with Crippen LogP contribution < -0.4 is 0 Å². The summed E-state index contributed by atoms with van der Waals surface area (Å²) in [4.78, 5) is 11.0. The van der Waals surface area contributed by atoms with E-state index in [2.05, 4.69) is 5.10 Å². The zero-order valence-electron chi connectivity index (χ0n) is 9.37. The fraction of sp³-hybridized carbons (Fsp3) is 0.0769. The molecule has 0 radical (unpaired) electrons. The number of aromatic nitrogens is 2. The van der Waals surface area contributed by atoms with Crippen LogP contribution >= 0.6 is 0 Å². The first-order valence-corrected chi connectivity index (χ1v) is 5.17. The molecule has 0 spiro atoms. The summed E-state index contributed by atoms with van der Waals surface area (Å²) in [6.45, 7) is 0. The molecule has 2 rings (SSSR count). The number of benzene rings is 1. The third-order valence-electron chi connectivity index (χ3n) is 2.45. The Bertz CT molecular complexity index is 556. The van der Waals surface area contributed by atoms with Gasteiger partial charge in [-0.2, -0.15) is 5.10 Å². The number of carboxylic acids is 1. The van der Waals surface area contributed by atoms with Crippen LogP contribution in [-0.4, -0.2) is 20.9 Å². The number of aromatic carboxylic acids is 1. The number of nitrogens with zero attached hydrogens (tertiary/aromatic N) is 2. The van der Waals surface area contributed by atoms with Crippen molar-refractivity contribution in [2.45, 2.75) is 0 Å². The number of carbonyl (C=O) groups is 1. The molecule has 1 aromatic carbocycles. The molecule has 2 aromatic rings. The number of hydrogen-bond acceptors (Lipinski definition) is 2. The van der Waals surface area contributed by atoms with E-state index in [9.17, 15) is 4.79 Å². The Hall–Kier alpha value is -2.36. The zero-order valence-corrected chi connectivity index (χ0v) is 9.37. The molecule has 0 saturated heterocycles. The van der Waals surface area contributed by atoms with Gasteiger partial charge >= 0.3 is 5.97 Å². The van der Waals surface area contributed by atoms with Crippen LogP contribution in [0.4, 0.5) is 0 Å². The lowest BCUT2D eigenvalue weighted by Crippen LogP contribution is -2.00. The molecule has 0 bridgehead atoms. The minimum atomic E-state index is -0.967. The quantitative estimate of drug-likeness (QED) is 0.876. The fourth-order valence-corrected chi connectivity index (χ4v) is 1.55. The summed E-state index contributed by atoms with van der Waals surface area (Å²) < 4.78 is 1.54. The van der Waals surface area contributed by atoms with Crippen LogP contribution in [0.25, 0.3) is 12.2 Å². The molecule has 1 heterocycles. The molecule has 4 nitrogen and oxygen atoms in total. The summed E-state index contributed by atoms with van der Waals surface area (Å²) in [7, 11) is 1.72. The third kappa shape index (κ3) is 2.42. The van der Waals surface area contributed by atoms with Gasteiger partial charge in [0.15, 0.2) is 0 Å². The molecule has 86 valence electrons. The predicted molar refractivity (Wildman–Crippen MR) is 65.5 cm³/mol. The first-order chi connectivity index (χ1) is 8.18. The highest BCUT2D eigenvalue weighted by Crippen LogP contribution is 2.12. The molecule has 0 amide bonds. The number of rotatable bonds is 3. The molecule has 0 fully saturated rings. The van der Waals surface area contributed by atoms with Crippen molar-refractivity contribution in [1.82, 2.24) is 9.78 Å². The van der Waals surface area contributed by atoms with Gasteiger partial charge in [-0.25, -0.2) is 4.79 Å². The van der Waals surface area contributed by atoms with E-state index in [1.54, 1.807) is 17.8 Å². The van der Waals surface area contributed by atoms with Crippen molar-refractivity contribution in [3.63, 3.8) is 0 Å². The van der Waals surface area contributed by atoms with Crippen LogP contribution in [0, 0.1) is 0 Å². The zero-order chi connectivity index (χ0) is 12.3. The average Bonchev–Trinajstić information content (AvgIpc) is 2.69. The molecule has 0 aliphatic heterocycles. The molecule has 0 saturated carbocycles. The largest absolute Gasteiger partial charge is 0.478 e. The lowest BCUT2D eigenvalue weighted by Gasteiger charge is -1.97. The normalized spacial score (nSPS) is 10.9. The Morgan fingerprint density at radius 1 is 1.29 bits per heavy atom. The van der Waals surface area contributed by atoms with E-state index in [4.69, 9.17) is 5.11 Å². The summed E-state index contributed by atoms with van der Waals surface area (Å²) in [6.07, 6.45) is 4.97. The summed E-state index contributed by atoms with van der Waals surface area (Å²) in [5.41, 5.74) is 1.81. The van der Waals surface area contributed by atoms with Gasteiger partial charge in [-0.15, -0.1) is 0 Å². The predicted octanol–water partition coefficient (Wildman–Crippen LogP) is 2.29. The van der Waals surface area contributed by atoms with Crippen molar-refractivity contribution in [2.75, 3.05) is 0 Å². The van der Waals surface area contributed by atoms with E-state index in [0.717, 1.165) is 5.56 Å². The minimum absolute atomic E-state index is 0.208. The van der Waals surface area contributed by atoms with Crippen molar-refractivity contribution in [3.8, 4) is 0 Å². The summed E-state index contributed by atoms with van der Waals surface area (Å²) in [5.74, 6) is -0.967. The lowest BCUT2D eigenvalue weighted by atomic mass is 10.1. The summed E-state index contributed by atoms with van der Waals surface area (Å²) >= 11 is 0. The van der Waals surface area contributed by atoms with Gasteiger partial charge in [-0.05, 0) is 11.6 Å². The SMILES string of the molecule is Cn1ncc(C(=O)O)c1/C=C/c1ccccc1. The molecule has 17 heavy (non-hydrogen) atoms. The van der Waals surface area contributed by atoms with E-state index in [1.165, 1.54) is 6.20 Å². The monoisotopic (exact) mass is 228 g/mol. The van der Waals surface area contributed by atoms with E-state index in [1.807, 2.05) is 36.4 Å². The van der Waals surface area contributed by atoms with Gasteiger partial charge in [0.2, 0.25) is 0 Å². The topological polar surface area (TPSA) is 55.1 Å². The Kier molecular flexibility index (Phi) is 3.05.